The lowest BCUT2D eigenvalue weighted by molar-refractivity contribution is -0.107. The third-order valence-electron chi connectivity index (χ3n) is 3.78. The van der Waals surface area contributed by atoms with Gasteiger partial charge >= 0.3 is 0 Å². The number of hydrogen-bond donors (Lipinski definition) is 1. The Kier molecular flexibility index (Phi) is 5.95. The van der Waals surface area contributed by atoms with Gasteiger partial charge in [0.1, 0.15) is 23.5 Å². The smallest absolute Gasteiger partial charge is 0.243 e. The van der Waals surface area contributed by atoms with Gasteiger partial charge in [0, 0.05) is 6.42 Å². The molecule has 2 aromatic heterocycles. The average molecular weight is 422 g/mol. The highest BCUT2D eigenvalue weighted by Crippen LogP contribution is 2.38. The molecule has 0 amide bonds. The Bertz CT molecular complexity index is 1040. The lowest BCUT2D eigenvalue weighted by Gasteiger charge is -2.17. The fourth-order valence-electron chi connectivity index (χ4n) is 2.57. The number of carbonyl (C=O) groups excluding carboxylic acids is 1. The van der Waals surface area contributed by atoms with Crippen molar-refractivity contribution in [2.24, 2.45) is 0 Å². The molecule has 2 heterocycles. The van der Waals surface area contributed by atoms with Gasteiger partial charge in [-0.3, -0.25) is 9.29 Å². The monoisotopic (exact) mass is 422 g/mol. The highest BCUT2D eigenvalue weighted by atomic mass is 32.2. The Labute approximate surface area is 166 Å². The number of aldehydes is 1. The summed E-state index contributed by atoms with van der Waals surface area (Å²) in [5.41, 5.74) is 0.453. The first-order chi connectivity index (χ1) is 13.5. The van der Waals surface area contributed by atoms with Gasteiger partial charge in [0.05, 0.1) is 24.8 Å². The number of hydrogen-bond acceptors (Lipinski definition) is 8. The molecule has 1 aromatic carbocycles. The molecule has 0 bridgehead atoms. The number of thiophene rings is 1. The Balaban J connectivity index is 2.21. The third-order valence-corrected chi connectivity index (χ3v) is 5.91. The lowest BCUT2D eigenvalue weighted by Crippen LogP contribution is -2.20. The summed E-state index contributed by atoms with van der Waals surface area (Å²) >= 11 is 1.43. The van der Waals surface area contributed by atoms with Crippen molar-refractivity contribution in [1.29, 1.82) is 0 Å². The minimum absolute atomic E-state index is 0.0305. The van der Waals surface area contributed by atoms with E-state index in [1.54, 1.807) is 18.2 Å². The maximum absolute atomic E-state index is 12.3. The maximum Gasteiger partial charge on any atom is 0.243 e. The normalized spacial score (nSPS) is 11.2. The lowest BCUT2D eigenvalue weighted by atomic mass is 10.2. The van der Waals surface area contributed by atoms with Gasteiger partial charge in [-0.2, -0.15) is 0 Å². The van der Waals surface area contributed by atoms with Gasteiger partial charge < -0.3 is 14.3 Å². The van der Waals surface area contributed by atoms with Crippen molar-refractivity contribution in [3.63, 3.8) is 0 Å². The zero-order chi connectivity index (χ0) is 20.1. The summed E-state index contributed by atoms with van der Waals surface area (Å²) in [7, 11) is -0.802. The predicted molar refractivity (Wildman–Crippen MR) is 106 cm³/mol. The van der Waals surface area contributed by atoms with E-state index in [1.807, 2.05) is 17.5 Å². The molecule has 148 valence electrons. The standard InChI is InChI=1S/C17H18N4O5S2/c1-25-12-6-3-7-13(26-2)15(12)21-16(14-8-4-10-27-14)18-19-17(21)20-28(23,24)11-5-9-22/h3-4,6-10H,5,11H2,1-2H3,(H,19,20). The van der Waals surface area contributed by atoms with Gasteiger partial charge in [-0.15, -0.1) is 21.5 Å². The van der Waals surface area contributed by atoms with Crippen LogP contribution in [-0.2, 0) is 14.8 Å². The molecule has 0 unspecified atom stereocenters. The van der Waals surface area contributed by atoms with Crippen LogP contribution in [0.2, 0.25) is 0 Å². The molecule has 9 nitrogen and oxygen atoms in total. The number of anilines is 1. The van der Waals surface area contributed by atoms with Gasteiger partial charge in [0.25, 0.3) is 0 Å². The zero-order valence-electron chi connectivity index (χ0n) is 15.2. The van der Waals surface area contributed by atoms with Gasteiger partial charge in [-0.25, -0.2) is 8.42 Å². The van der Waals surface area contributed by atoms with E-state index in [-0.39, 0.29) is 18.1 Å². The van der Waals surface area contributed by atoms with Crippen molar-refractivity contribution in [2.75, 3.05) is 24.7 Å². The highest BCUT2D eigenvalue weighted by Gasteiger charge is 2.25. The van der Waals surface area contributed by atoms with Crippen LogP contribution < -0.4 is 14.2 Å². The Hall–Kier alpha value is -2.92. The molecule has 0 saturated carbocycles. The van der Waals surface area contributed by atoms with Crippen LogP contribution in [0.25, 0.3) is 16.4 Å². The number of carbonyl (C=O) groups is 1. The summed E-state index contributed by atoms with van der Waals surface area (Å²) in [5, 5.41) is 10.1. The molecule has 11 heteroatoms. The molecule has 0 atom stereocenters. The minimum Gasteiger partial charge on any atom is -0.494 e. The molecule has 0 aliphatic heterocycles. The number of nitrogens with one attached hydrogen (secondary N) is 1. The van der Waals surface area contributed by atoms with Crippen molar-refractivity contribution in [1.82, 2.24) is 14.8 Å². The summed E-state index contributed by atoms with van der Waals surface area (Å²) in [4.78, 5) is 11.3. The van der Waals surface area contributed by atoms with Crippen LogP contribution in [0.1, 0.15) is 6.42 Å². The Morgan fingerprint density at radius 2 is 1.86 bits per heavy atom. The molecule has 0 spiro atoms. The SMILES string of the molecule is COc1cccc(OC)c1-n1c(NS(=O)(=O)CCC=O)nnc1-c1cccs1. The molecular weight excluding hydrogens is 404 g/mol. The highest BCUT2D eigenvalue weighted by molar-refractivity contribution is 7.92. The molecule has 3 rings (SSSR count). The van der Waals surface area contributed by atoms with Crippen LogP contribution >= 0.6 is 11.3 Å². The first-order valence-electron chi connectivity index (χ1n) is 8.15. The van der Waals surface area contributed by atoms with Crippen molar-refractivity contribution in [2.45, 2.75) is 6.42 Å². The molecule has 1 N–H and O–H groups in total. The molecule has 3 aromatic rings. The fourth-order valence-corrected chi connectivity index (χ4v) is 4.19. The van der Waals surface area contributed by atoms with Crippen LogP contribution in [0.4, 0.5) is 5.95 Å². The van der Waals surface area contributed by atoms with E-state index in [9.17, 15) is 13.2 Å². The van der Waals surface area contributed by atoms with E-state index in [4.69, 9.17) is 9.47 Å². The molecule has 0 radical (unpaired) electrons. The summed E-state index contributed by atoms with van der Waals surface area (Å²) < 4.78 is 39.5. The van der Waals surface area contributed by atoms with E-state index < -0.39 is 10.0 Å². The molecular formula is C17H18N4O5S2. The maximum atomic E-state index is 12.3. The van der Waals surface area contributed by atoms with E-state index in [0.29, 0.717) is 29.3 Å². The molecule has 0 aliphatic rings. The van der Waals surface area contributed by atoms with Crippen LogP contribution in [0.3, 0.4) is 0 Å². The number of methoxy groups -OCH3 is 2. The Morgan fingerprint density at radius 1 is 1.14 bits per heavy atom. The van der Waals surface area contributed by atoms with E-state index in [2.05, 4.69) is 14.9 Å². The summed E-state index contributed by atoms with van der Waals surface area (Å²) in [5.74, 6) is 0.930. The van der Waals surface area contributed by atoms with Crippen molar-refractivity contribution < 1.29 is 22.7 Å². The first-order valence-corrected chi connectivity index (χ1v) is 10.7. The molecule has 0 aliphatic carbocycles. The average Bonchev–Trinajstić information content (AvgIpc) is 3.35. The van der Waals surface area contributed by atoms with Crippen LogP contribution in [0.5, 0.6) is 11.5 Å². The largest absolute Gasteiger partial charge is 0.494 e. The number of benzene rings is 1. The van der Waals surface area contributed by atoms with Crippen molar-refractivity contribution >= 4 is 33.6 Å². The second kappa shape index (κ2) is 8.40. The summed E-state index contributed by atoms with van der Waals surface area (Å²) in [6.07, 6.45) is 0.420. The second-order valence-corrected chi connectivity index (χ2v) is 8.34. The molecule has 0 fully saturated rings. The van der Waals surface area contributed by atoms with E-state index >= 15 is 0 Å². The predicted octanol–water partition coefficient (Wildman–Crippen LogP) is 2.34. The third kappa shape index (κ3) is 3.99. The van der Waals surface area contributed by atoms with Crippen LogP contribution in [0.15, 0.2) is 35.7 Å². The number of rotatable bonds is 9. The quantitative estimate of drug-likeness (QED) is 0.527. The van der Waals surface area contributed by atoms with Gasteiger partial charge in [-0.1, -0.05) is 12.1 Å². The van der Waals surface area contributed by atoms with Gasteiger partial charge in [-0.05, 0) is 23.6 Å². The number of sulfonamides is 1. The summed E-state index contributed by atoms with van der Waals surface area (Å²) in [6, 6.07) is 8.90. The zero-order valence-corrected chi connectivity index (χ0v) is 16.8. The summed E-state index contributed by atoms with van der Waals surface area (Å²) in [6.45, 7) is 0. The number of aromatic nitrogens is 3. The number of nitrogens with zero attached hydrogens (tertiary/aromatic N) is 3. The van der Waals surface area contributed by atoms with Crippen LogP contribution in [-0.4, -0.2) is 49.4 Å². The Morgan fingerprint density at radius 3 is 2.43 bits per heavy atom. The van der Waals surface area contributed by atoms with E-state index in [0.717, 1.165) is 4.88 Å². The van der Waals surface area contributed by atoms with Gasteiger partial charge in [0.15, 0.2) is 5.82 Å². The van der Waals surface area contributed by atoms with E-state index in [1.165, 1.54) is 30.1 Å². The van der Waals surface area contributed by atoms with Gasteiger partial charge in [0.2, 0.25) is 16.0 Å². The second-order valence-electron chi connectivity index (χ2n) is 5.55. The van der Waals surface area contributed by atoms with Crippen molar-refractivity contribution in [3.05, 3.63) is 35.7 Å². The minimum atomic E-state index is -3.80. The topological polar surface area (TPSA) is 112 Å². The number of para-hydroxylation sites is 1. The van der Waals surface area contributed by atoms with Crippen LogP contribution in [0, 0.1) is 0 Å². The molecule has 0 saturated heterocycles. The fraction of sp³-hybridized carbons (Fsp3) is 0.235. The first kappa shape index (κ1) is 19.8. The molecule has 28 heavy (non-hydrogen) atoms. The number of ether oxygens (including phenoxy) is 2. The van der Waals surface area contributed by atoms with Crippen molar-refractivity contribution in [3.8, 4) is 27.9 Å².